The Labute approximate surface area is 137 Å². The highest BCUT2D eigenvalue weighted by atomic mass is 19.3. The van der Waals surface area contributed by atoms with Crippen LogP contribution in [0.3, 0.4) is 0 Å². The SMILES string of the molecule is CCCc1ccc(CCOC(F)(F)c2ccc(CC)cc2)cc1. The third kappa shape index (κ3) is 5.14. The molecule has 0 spiro atoms. The molecule has 0 aliphatic heterocycles. The van der Waals surface area contributed by atoms with Gasteiger partial charge in [0, 0.05) is 0 Å². The first-order chi connectivity index (χ1) is 11.0. The van der Waals surface area contributed by atoms with Gasteiger partial charge in [-0.15, -0.1) is 0 Å². The fraction of sp³-hybridized carbons (Fsp3) is 0.400. The van der Waals surface area contributed by atoms with Crippen LogP contribution >= 0.6 is 0 Å². The molecule has 2 rings (SSSR count). The van der Waals surface area contributed by atoms with Gasteiger partial charge in [0.15, 0.2) is 0 Å². The summed E-state index contributed by atoms with van der Waals surface area (Å²) in [6, 6.07) is 14.4. The Hall–Kier alpha value is -1.74. The van der Waals surface area contributed by atoms with Crippen LogP contribution in [0.2, 0.25) is 0 Å². The molecule has 0 aliphatic carbocycles. The molecule has 0 bridgehead atoms. The zero-order valence-electron chi connectivity index (χ0n) is 13.8. The predicted molar refractivity (Wildman–Crippen MR) is 89.8 cm³/mol. The van der Waals surface area contributed by atoms with Crippen molar-refractivity contribution < 1.29 is 13.5 Å². The Kier molecular flexibility index (Phi) is 6.28. The lowest BCUT2D eigenvalue weighted by Gasteiger charge is -2.17. The Morgan fingerprint density at radius 1 is 0.783 bits per heavy atom. The molecular formula is C20H24F2O. The van der Waals surface area contributed by atoms with E-state index in [2.05, 4.69) is 19.1 Å². The van der Waals surface area contributed by atoms with Crippen LogP contribution in [0.25, 0.3) is 0 Å². The summed E-state index contributed by atoms with van der Waals surface area (Å²) in [6.07, 6.45) is 0.221. The van der Waals surface area contributed by atoms with Gasteiger partial charge in [0.05, 0.1) is 12.2 Å². The molecule has 3 heteroatoms. The van der Waals surface area contributed by atoms with E-state index in [4.69, 9.17) is 4.74 Å². The van der Waals surface area contributed by atoms with Crippen LogP contribution < -0.4 is 0 Å². The monoisotopic (exact) mass is 318 g/mol. The predicted octanol–water partition coefficient (Wildman–Crippen LogP) is 5.51. The van der Waals surface area contributed by atoms with Gasteiger partial charge >= 0.3 is 6.11 Å². The van der Waals surface area contributed by atoms with Gasteiger partial charge in [0.2, 0.25) is 0 Å². The largest absolute Gasteiger partial charge is 0.383 e. The van der Waals surface area contributed by atoms with Crippen molar-refractivity contribution in [2.45, 2.75) is 45.6 Å². The van der Waals surface area contributed by atoms with Gasteiger partial charge in [0.1, 0.15) is 0 Å². The summed E-state index contributed by atoms with van der Waals surface area (Å²) in [5, 5.41) is 0. The molecule has 0 amide bonds. The Bertz CT molecular complexity index is 588. The second kappa shape index (κ2) is 8.21. The van der Waals surface area contributed by atoms with Crippen LogP contribution in [0.15, 0.2) is 48.5 Å². The lowest BCUT2D eigenvalue weighted by Crippen LogP contribution is -2.19. The normalized spacial score (nSPS) is 11.7. The summed E-state index contributed by atoms with van der Waals surface area (Å²) in [4.78, 5) is 0. The van der Waals surface area contributed by atoms with Gasteiger partial charge in [-0.1, -0.05) is 68.8 Å². The molecule has 2 aromatic rings. The van der Waals surface area contributed by atoms with Gasteiger partial charge in [-0.2, -0.15) is 8.78 Å². The van der Waals surface area contributed by atoms with E-state index in [1.54, 1.807) is 12.1 Å². The number of alkyl halides is 2. The number of hydrogen-bond acceptors (Lipinski definition) is 1. The first-order valence-electron chi connectivity index (χ1n) is 8.24. The van der Waals surface area contributed by atoms with Crippen molar-refractivity contribution in [3.63, 3.8) is 0 Å². The van der Waals surface area contributed by atoms with Crippen LogP contribution in [0.4, 0.5) is 8.78 Å². The molecule has 0 saturated heterocycles. The molecule has 0 atom stereocenters. The van der Waals surface area contributed by atoms with Crippen molar-refractivity contribution in [3.05, 3.63) is 70.8 Å². The Morgan fingerprint density at radius 2 is 1.30 bits per heavy atom. The molecule has 0 aromatic heterocycles. The lowest BCUT2D eigenvalue weighted by atomic mass is 10.1. The number of hydrogen-bond donors (Lipinski definition) is 0. The van der Waals surface area contributed by atoms with Gasteiger partial charge in [0.25, 0.3) is 0 Å². The van der Waals surface area contributed by atoms with Gasteiger partial charge in [-0.25, -0.2) is 0 Å². The minimum Gasteiger partial charge on any atom is -0.316 e. The van der Waals surface area contributed by atoms with Crippen molar-refractivity contribution in [1.82, 2.24) is 0 Å². The fourth-order valence-corrected chi connectivity index (χ4v) is 2.48. The maximum atomic E-state index is 14.0. The fourth-order valence-electron chi connectivity index (χ4n) is 2.48. The lowest BCUT2D eigenvalue weighted by molar-refractivity contribution is -0.248. The number of benzene rings is 2. The molecule has 0 N–H and O–H groups in total. The first-order valence-corrected chi connectivity index (χ1v) is 8.24. The molecule has 0 heterocycles. The van der Waals surface area contributed by atoms with Gasteiger partial charge in [-0.3, -0.25) is 0 Å². The van der Waals surface area contributed by atoms with E-state index in [0.29, 0.717) is 6.42 Å². The number of halogens is 2. The molecule has 23 heavy (non-hydrogen) atoms. The van der Waals surface area contributed by atoms with E-state index in [0.717, 1.165) is 30.4 Å². The highest BCUT2D eigenvalue weighted by Crippen LogP contribution is 2.29. The van der Waals surface area contributed by atoms with E-state index in [1.807, 2.05) is 19.1 Å². The third-order valence-corrected chi connectivity index (χ3v) is 3.93. The molecule has 0 aliphatic rings. The summed E-state index contributed by atoms with van der Waals surface area (Å²) in [5.41, 5.74) is 3.24. The first kappa shape index (κ1) is 17.6. The maximum Gasteiger partial charge on any atom is 0.383 e. The summed E-state index contributed by atoms with van der Waals surface area (Å²) >= 11 is 0. The molecular weight excluding hydrogens is 294 g/mol. The number of rotatable bonds is 8. The smallest absolute Gasteiger partial charge is 0.316 e. The van der Waals surface area contributed by atoms with E-state index in [9.17, 15) is 8.78 Å². The third-order valence-electron chi connectivity index (χ3n) is 3.93. The quantitative estimate of drug-likeness (QED) is 0.623. The van der Waals surface area contributed by atoms with E-state index in [-0.39, 0.29) is 12.2 Å². The van der Waals surface area contributed by atoms with Crippen molar-refractivity contribution >= 4 is 0 Å². The molecule has 124 valence electrons. The van der Waals surface area contributed by atoms with Crippen LogP contribution in [0.5, 0.6) is 0 Å². The highest BCUT2D eigenvalue weighted by Gasteiger charge is 2.32. The molecule has 1 nitrogen and oxygen atoms in total. The van der Waals surface area contributed by atoms with Gasteiger partial charge in [-0.05, 0) is 36.0 Å². The summed E-state index contributed by atoms with van der Waals surface area (Å²) in [5.74, 6) is 0. The minimum atomic E-state index is -3.24. The van der Waals surface area contributed by atoms with Crippen LogP contribution in [0, 0.1) is 0 Å². The van der Waals surface area contributed by atoms with Crippen LogP contribution in [-0.2, 0) is 30.1 Å². The standard InChI is InChI=1S/C20H24F2O/c1-3-5-17-6-8-18(9-7-17)14-15-23-20(21,22)19-12-10-16(4-2)11-13-19/h6-13H,3-5,14-15H2,1-2H3. The van der Waals surface area contributed by atoms with E-state index in [1.165, 1.54) is 17.7 Å². The zero-order valence-corrected chi connectivity index (χ0v) is 13.8. The van der Waals surface area contributed by atoms with Crippen LogP contribution in [-0.4, -0.2) is 6.61 Å². The van der Waals surface area contributed by atoms with Gasteiger partial charge < -0.3 is 4.74 Å². The summed E-state index contributed by atoms with van der Waals surface area (Å²) in [6.45, 7) is 4.13. The number of aryl methyl sites for hydroxylation is 2. The summed E-state index contributed by atoms with van der Waals surface area (Å²) in [7, 11) is 0. The molecule has 2 aromatic carbocycles. The highest BCUT2D eigenvalue weighted by molar-refractivity contribution is 5.25. The van der Waals surface area contributed by atoms with E-state index < -0.39 is 6.11 Å². The summed E-state index contributed by atoms with van der Waals surface area (Å²) < 4.78 is 32.9. The molecule has 0 saturated carbocycles. The Morgan fingerprint density at radius 3 is 1.83 bits per heavy atom. The van der Waals surface area contributed by atoms with Crippen molar-refractivity contribution in [2.75, 3.05) is 6.61 Å². The molecule has 0 fully saturated rings. The van der Waals surface area contributed by atoms with Crippen molar-refractivity contribution in [3.8, 4) is 0 Å². The Balaban J connectivity index is 1.88. The van der Waals surface area contributed by atoms with E-state index >= 15 is 0 Å². The topological polar surface area (TPSA) is 9.23 Å². The maximum absolute atomic E-state index is 14.0. The van der Waals surface area contributed by atoms with Crippen molar-refractivity contribution in [2.24, 2.45) is 0 Å². The zero-order chi connectivity index (χ0) is 16.7. The van der Waals surface area contributed by atoms with Crippen molar-refractivity contribution in [1.29, 1.82) is 0 Å². The average molecular weight is 318 g/mol. The molecule has 0 unspecified atom stereocenters. The molecule has 0 radical (unpaired) electrons. The average Bonchev–Trinajstić information content (AvgIpc) is 2.57. The minimum absolute atomic E-state index is 0.00431. The number of ether oxygens (including phenoxy) is 1. The van der Waals surface area contributed by atoms with Crippen LogP contribution in [0.1, 0.15) is 42.5 Å². The second-order valence-corrected chi connectivity index (χ2v) is 5.73. The second-order valence-electron chi connectivity index (χ2n) is 5.73.